The van der Waals surface area contributed by atoms with Gasteiger partial charge in [-0.15, -0.1) is 0 Å². The number of hydrogen-bond acceptors (Lipinski definition) is 6. The lowest BCUT2D eigenvalue weighted by atomic mass is 10.2. The van der Waals surface area contributed by atoms with Crippen LogP contribution in [0.4, 0.5) is 10.1 Å². The number of carbonyl (C=O) groups excluding carboxylic acids is 1. The summed E-state index contributed by atoms with van der Waals surface area (Å²) in [5, 5.41) is 3.09. The highest BCUT2D eigenvalue weighted by Gasteiger charge is 2.28. The van der Waals surface area contributed by atoms with Gasteiger partial charge in [-0.25, -0.2) is 12.8 Å². The molecule has 3 rings (SSSR count). The number of anilines is 1. The molecule has 0 saturated heterocycles. The standard InChI is InChI=1S/C26H28ClFN2O5S2/c1-18-7-9-19(10-8-18)30(37(32,33)20-11-12-24(34-2)25(15-20)35-3)16-26(31)29-13-14-36-17-21-22(27)5-4-6-23(21)28/h4-12,15H,13-14,16-17H2,1-3H3,(H,29,31). The number of rotatable bonds is 12. The average molecular weight is 567 g/mol. The third-order valence-electron chi connectivity index (χ3n) is 5.43. The first kappa shape index (κ1) is 28.6. The van der Waals surface area contributed by atoms with Gasteiger partial charge in [0.15, 0.2) is 11.5 Å². The van der Waals surface area contributed by atoms with Crippen molar-refractivity contribution in [1.29, 1.82) is 0 Å². The van der Waals surface area contributed by atoms with Crippen molar-refractivity contribution in [2.75, 3.05) is 37.4 Å². The topological polar surface area (TPSA) is 84.9 Å². The molecule has 37 heavy (non-hydrogen) atoms. The Kier molecular flexibility index (Phi) is 10.1. The first-order valence-electron chi connectivity index (χ1n) is 11.3. The number of sulfonamides is 1. The summed E-state index contributed by atoms with van der Waals surface area (Å²) in [6.45, 7) is 1.73. The van der Waals surface area contributed by atoms with Crippen LogP contribution in [0.15, 0.2) is 65.6 Å². The Morgan fingerprint density at radius 1 is 1.05 bits per heavy atom. The molecular formula is C26H28ClFN2O5S2. The molecule has 3 aromatic rings. The predicted octanol–water partition coefficient (Wildman–Crippen LogP) is 5.05. The summed E-state index contributed by atoms with van der Waals surface area (Å²) in [7, 11) is -1.25. The maximum absolute atomic E-state index is 13.9. The zero-order chi connectivity index (χ0) is 27.0. The lowest BCUT2D eigenvalue weighted by molar-refractivity contribution is -0.119. The number of hydrogen-bond donors (Lipinski definition) is 1. The summed E-state index contributed by atoms with van der Waals surface area (Å²) >= 11 is 7.45. The van der Waals surface area contributed by atoms with Gasteiger partial charge in [0.05, 0.1) is 24.8 Å². The molecule has 11 heteroatoms. The fourth-order valence-corrected chi connectivity index (χ4v) is 6.06. The van der Waals surface area contributed by atoms with Crippen LogP contribution in [-0.2, 0) is 20.6 Å². The van der Waals surface area contributed by atoms with Gasteiger partial charge < -0.3 is 14.8 Å². The lowest BCUT2D eigenvalue weighted by Gasteiger charge is -2.24. The second-order valence-corrected chi connectivity index (χ2v) is 11.3. The van der Waals surface area contributed by atoms with E-state index in [9.17, 15) is 17.6 Å². The summed E-state index contributed by atoms with van der Waals surface area (Å²) < 4.78 is 52.7. The van der Waals surface area contributed by atoms with E-state index in [4.69, 9.17) is 21.1 Å². The number of nitrogens with zero attached hydrogens (tertiary/aromatic N) is 1. The Morgan fingerprint density at radius 2 is 1.76 bits per heavy atom. The van der Waals surface area contributed by atoms with E-state index >= 15 is 0 Å². The maximum Gasteiger partial charge on any atom is 0.264 e. The van der Waals surface area contributed by atoms with Crippen LogP contribution in [0.3, 0.4) is 0 Å². The number of benzene rings is 3. The number of carbonyl (C=O) groups is 1. The van der Waals surface area contributed by atoms with Crippen LogP contribution in [0.5, 0.6) is 11.5 Å². The van der Waals surface area contributed by atoms with Crippen molar-refractivity contribution in [2.45, 2.75) is 17.6 Å². The van der Waals surface area contributed by atoms with E-state index in [1.807, 2.05) is 6.92 Å². The van der Waals surface area contributed by atoms with Crippen molar-refractivity contribution < 1.29 is 27.1 Å². The van der Waals surface area contributed by atoms with Gasteiger partial charge in [0.1, 0.15) is 12.4 Å². The molecule has 0 bridgehead atoms. The molecule has 0 unspecified atom stereocenters. The number of nitrogens with one attached hydrogen (secondary N) is 1. The smallest absolute Gasteiger partial charge is 0.264 e. The summed E-state index contributed by atoms with van der Waals surface area (Å²) in [6, 6.07) is 15.6. The molecule has 0 fully saturated rings. The molecule has 198 valence electrons. The molecule has 0 saturated carbocycles. The minimum atomic E-state index is -4.13. The molecule has 7 nitrogen and oxygen atoms in total. The van der Waals surface area contributed by atoms with E-state index < -0.39 is 22.5 Å². The van der Waals surface area contributed by atoms with Crippen LogP contribution < -0.4 is 19.1 Å². The van der Waals surface area contributed by atoms with E-state index in [1.54, 1.807) is 36.4 Å². The molecular weight excluding hydrogens is 539 g/mol. The van der Waals surface area contributed by atoms with Crippen LogP contribution in [0.2, 0.25) is 5.02 Å². The molecule has 0 aliphatic rings. The van der Waals surface area contributed by atoms with Gasteiger partial charge in [0.2, 0.25) is 5.91 Å². The highest BCUT2D eigenvalue weighted by atomic mass is 35.5. The molecule has 0 aromatic heterocycles. The third kappa shape index (κ3) is 7.30. The second-order valence-electron chi connectivity index (χ2n) is 7.97. The van der Waals surface area contributed by atoms with Crippen molar-refractivity contribution in [3.05, 3.63) is 82.6 Å². The molecule has 0 aliphatic carbocycles. The largest absolute Gasteiger partial charge is 0.493 e. The Hall–Kier alpha value is -2.95. The highest BCUT2D eigenvalue weighted by molar-refractivity contribution is 7.98. The maximum atomic E-state index is 13.9. The summed E-state index contributed by atoms with van der Waals surface area (Å²) in [5.41, 5.74) is 1.70. The van der Waals surface area contributed by atoms with E-state index in [0.29, 0.717) is 33.5 Å². The monoisotopic (exact) mass is 566 g/mol. The number of thioether (sulfide) groups is 1. The Balaban J connectivity index is 1.71. The van der Waals surface area contributed by atoms with Gasteiger partial charge in [0.25, 0.3) is 10.0 Å². The number of halogens is 2. The number of methoxy groups -OCH3 is 2. The van der Waals surface area contributed by atoms with Crippen LogP contribution in [0, 0.1) is 12.7 Å². The fraction of sp³-hybridized carbons (Fsp3) is 0.269. The second kappa shape index (κ2) is 13.0. The first-order valence-corrected chi connectivity index (χ1v) is 14.2. The van der Waals surface area contributed by atoms with Crippen LogP contribution >= 0.6 is 23.4 Å². The van der Waals surface area contributed by atoms with Crippen LogP contribution in [0.25, 0.3) is 0 Å². The SMILES string of the molecule is COc1ccc(S(=O)(=O)N(CC(=O)NCCSCc2c(F)cccc2Cl)c2ccc(C)cc2)cc1OC. The number of ether oxygens (including phenoxy) is 2. The third-order valence-corrected chi connectivity index (χ3v) is 8.54. The van der Waals surface area contributed by atoms with E-state index in [1.165, 1.54) is 50.2 Å². The Morgan fingerprint density at radius 3 is 2.41 bits per heavy atom. The first-order chi connectivity index (χ1) is 17.7. The molecule has 0 radical (unpaired) electrons. The van der Waals surface area contributed by atoms with Gasteiger partial charge >= 0.3 is 0 Å². The minimum Gasteiger partial charge on any atom is -0.493 e. The van der Waals surface area contributed by atoms with Gasteiger partial charge in [-0.05, 0) is 43.3 Å². The van der Waals surface area contributed by atoms with E-state index in [0.717, 1.165) is 9.87 Å². The van der Waals surface area contributed by atoms with E-state index in [-0.39, 0.29) is 23.0 Å². The Labute approximate surface area is 226 Å². The van der Waals surface area contributed by atoms with Gasteiger partial charge in [-0.3, -0.25) is 9.10 Å². The highest BCUT2D eigenvalue weighted by Crippen LogP contribution is 2.32. The lowest BCUT2D eigenvalue weighted by Crippen LogP contribution is -2.41. The molecule has 0 atom stereocenters. The van der Waals surface area contributed by atoms with Crippen molar-refractivity contribution in [2.24, 2.45) is 0 Å². The van der Waals surface area contributed by atoms with Gasteiger partial charge in [-0.1, -0.05) is 35.4 Å². The quantitative estimate of drug-likeness (QED) is 0.309. The van der Waals surface area contributed by atoms with Gasteiger partial charge in [0, 0.05) is 34.7 Å². The molecule has 3 aromatic carbocycles. The van der Waals surface area contributed by atoms with E-state index in [2.05, 4.69) is 5.32 Å². The van der Waals surface area contributed by atoms with Crippen molar-refractivity contribution in [3.63, 3.8) is 0 Å². The summed E-state index contributed by atoms with van der Waals surface area (Å²) in [6.07, 6.45) is 0. The molecule has 0 heterocycles. The molecule has 1 N–H and O–H groups in total. The zero-order valence-electron chi connectivity index (χ0n) is 20.7. The van der Waals surface area contributed by atoms with Crippen LogP contribution in [0.1, 0.15) is 11.1 Å². The minimum absolute atomic E-state index is 0.0455. The predicted molar refractivity (Wildman–Crippen MR) is 146 cm³/mol. The van der Waals surface area contributed by atoms with Crippen molar-refractivity contribution in [3.8, 4) is 11.5 Å². The number of aryl methyl sites for hydroxylation is 1. The summed E-state index contributed by atoms with van der Waals surface area (Å²) in [5.74, 6) is 0.625. The van der Waals surface area contributed by atoms with Gasteiger partial charge in [-0.2, -0.15) is 11.8 Å². The average Bonchev–Trinajstić information content (AvgIpc) is 2.88. The summed E-state index contributed by atoms with van der Waals surface area (Å²) in [4.78, 5) is 12.7. The normalized spacial score (nSPS) is 11.2. The van der Waals surface area contributed by atoms with Crippen molar-refractivity contribution in [1.82, 2.24) is 5.32 Å². The Bertz CT molecular complexity index is 1320. The van der Waals surface area contributed by atoms with Crippen LogP contribution in [-0.4, -0.2) is 47.4 Å². The van der Waals surface area contributed by atoms with Crippen molar-refractivity contribution >= 4 is 45.0 Å². The number of amides is 1. The fourth-order valence-electron chi connectivity index (χ4n) is 3.42. The zero-order valence-corrected chi connectivity index (χ0v) is 23.1. The molecule has 0 aliphatic heterocycles. The molecule has 1 amide bonds. The molecule has 0 spiro atoms.